The molecule has 0 bridgehead atoms. The molecular weight excluding hydrogens is 406 g/mol. The van der Waals surface area contributed by atoms with Crippen molar-refractivity contribution < 1.29 is 24.2 Å². The molecule has 3 N–H and O–H groups in total. The molecule has 1 amide bonds. The average Bonchev–Trinajstić information content (AvgIpc) is 3.42. The lowest BCUT2D eigenvalue weighted by molar-refractivity contribution is -0.139. The number of amides is 1. The Morgan fingerprint density at radius 1 is 1.23 bits per heavy atom. The number of carboxylic acid groups (broad SMARTS) is 1. The van der Waals surface area contributed by atoms with Crippen molar-refractivity contribution in [2.45, 2.75) is 25.6 Å². The highest BCUT2D eigenvalue weighted by Gasteiger charge is 2.25. The molecule has 0 aliphatic heterocycles. The van der Waals surface area contributed by atoms with Crippen molar-refractivity contribution in [3.05, 3.63) is 59.9 Å². The van der Waals surface area contributed by atoms with Gasteiger partial charge in [0, 0.05) is 12.4 Å². The number of carbonyl (C=O) groups is 3. The average molecular weight is 425 g/mol. The van der Waals surface area contributed by atoms with Crippen LogP contribution in [0.1, 0.15) is 23.6 Å². The number of ether oxygens (including phenoxy) is 1. The Balaban J connectivity index is 1.56. The molecule has 1 unspecified atom stereocenters. The Kier molecular flexibility index (Phi) is 7.19. The number of carbonyl (C=O) groups excluding carboxylic acids is 2. The molecule has 1 atom stereocenters. The van der Waals surface area contributed by atoms with E-state index in [1.54, 1.807) is 48.8 Å². The molecule has 0 spiro atoms. The minimum absolute atomic E-state index is 0.0172. The van der Waals surface area contributed by atoms with Crippen molar-refractivity contribution in [3.8, 4) is 0 Å². The zero-order chi connectivity index (χ0) is 22.1. The third kappa shape index (κ3) is 6.88. The van der Waals surface area contributed by atoms with Crippen LogP contribution in [0.15, 0.2) is 42.7 Å². The molecule has 0 aliphatic carbocycles. The zero-order valence-electron chi connectivity index (χ0n) is 16.2. The summed E-state index contributed by atoms with van der Waals surface area (Å²) in [6.07, 6.45) is 4.89. The predicted molar refractivity (Wildman–Crippen MR) is 106 cm³/mol. The highest BCUT2D eigenvalue weighted by atomic mass is 16.5. The highest BCUT2D eigenvalue weighted by molar-refractivity contribution is 5.90. The molecule has 0 radical (unpaired) electrons. The molecule has 0 aliphatic rings. The van der Waals surface area contributed by atoms with Crippen LogP contribution in [0, 0.1) is 0 Å². The second-order valence-electron chi connectivity index (χ2n) is 6.31. The summed E-state index contributed by atoms with van der Waals surface area (Å²) in [7, 11) is 0. The lowest BCUT2D eigenvalue weighted by atomic mass is 10.1. The Morgan fingerprint density at radius 2 is 2.03 bits per heavy atom. The summed E-state index contributed by atoms with van der Waals surface area (Å²) >= 11 is 0. The first kappa shape index (κ1) is 21.4. The monoisotopic (exact) mass is 425 g/mol. The van der Waals surface area contributed by atoms with Crippen LogP contribution < -0.4 is 5.32 Å². The number of nitrogens with zero attached hydrogens (tertiary/aromatic N) is 5. The van der Waals surface area contributed by atoms with Gasteiger partial charge in [0.2, 0.25) is 0 Å². The molecule has 0 saturated carbocycles. The topological polar surface area (TPSA) is 165 Å². The van der Waals surface area contributed by atoms with Crippen molar-refractivity contribution in [2.24, 2.45) is 0 Å². The molecule has 3 rings (SSSR count). The van der Waals surface area contributed by atoms with Crippen LogP contribution in [-0.2, 0) is 27.5 Å². The number of ketones is 1. The van der Waals surface area contributed by atoms with E-state index in [1.165, 1.54) is 0 Å². The van der Waals surface area contributed by atoms with Gasteiger partial charge in [0.1, 0.15) is 25.0 Å². The normalized spacial score (nSPS) is 11.9. The van der Waals surface area contributed by atoms with Gasteiger partial charge < -0.3 is 20.1 Å². The number of nitrogens with one attached hydrogen (secondary N) is 2. The molecule has 2 aromatic heterocycles. The number of benzene rings is 1. The van der Waals surface area contributed by atoms with Gasteiger partial charge in [-0.1, -0.05) is 30.3 Å². The minimum Gasteiger partial charge on any atom is -0.481 e. The first-order valence-electron chi connectivity index (χ1n) is 9.16. The summed E-state index contributed by atoms with van der Waals surface area (Å²) in [4.78, 5) is 43.6. The molecule has 0 saturated heterocycles. The van der Waals surface area contributed by atoms with Crippen LogP contribution in [-0.4, -0.2) is 59.2 Å². The SMILES string of the molecule is O=C(O)CC(NC(=O)OCc1ccccc1)C(=O)Cn1nnc(C=Cc2ncc[nH]2)n1. The number of hydrogen-bond donors (Lipinski definition) is 3. The lowest BCUT2D eigenvalue weighted by Crippen LogP contribution is -2.44. The third-order valence-corrected chi connectivity index (χ3v) is 3.95. The molecule has 1 aromatic carbocycles. The first-order chi connectivity index (χ1) is 15.0. The van der Waals surface area contributed by atoms with Crippen molar-refractivity contribution in [3.63, 3.8) is 0 Å². The standard InChI is InChI=1S/C19H19N7O5/c27-15(11-26-24-17(23-25-26)7-6-16-20-8-9-21-16)14(10-18(28)29)22-19(30)31-12-13-4-2-1-3-5-13/h1-9,14H,10-12H2,(H,20,21)(H,22,30)(H,28,29). The Bertz CT molecular complexity index is 1050. The Morgan fingerprint density at radius 3 is 2.74 bits per heavy atom. The van der Waals surface area contributed by atoms with E-state index in [4.69, 9.17) is 9.84 Å². The van der Waals surface area contributed by atoms with E-state index in [2.05, 4.69) is 30.7 Å². The second kappa shape index (κ2) is 10.4. The maximum Gasteiger partial charge on any atom is 0.408 e. The number of aromatic nitrogens is 6. The second-order valence-corrected chi connectivity index (χ2v) is 6.31. The summed E-state index contributed by atoms with van der Waals surface area (Å²) in [5.41, 5.74) is 0.751. The third-order valence-electron chi connectivity index (χ3n) is 3.95. The fourth-order valence-corrected chi connectivity index (χ4v) is 2.49. The van der Waals surface area contributed by atoms with Crippen molar-refractivity contribution in [2.75, 3.05) is 0 Å². The smallest absolute Gasteiger partial charge is 0.408 e. The van der Waals surface area contributed by atoms with Crippen molar-refractivity contribution in [1.29, 1.82) is 0 Å². The Labute approximate surface area is 175 Å². The number of tetrazole rings is 1. The molecule has 0 fully saturated rings. The van der Waals surface area contributed by atoms with Gasteiger partial charge in [-0.2, -0.15) is 4.80 Å². The van der Waals surface area contributed by atoms with Gasteiger partial charge in [0.05, 0.1) is 6.42 Å². The van der Waals surface area contributed by atoms with Crippen molar-refractivity contribution >= 4 is 30.0 Å². The van der Waals surface area contributed by atoms with E-state index in [0.29, 0.717) is 5.82 Å². The molecule has 12 heteroatoms. The van der Waals surface area contributed by atoms with E-state index >= 15 is 0 Å². The summed E-state index contributed by atoms with van der Waals surface area (Å²) in [5.74, 6) is -1.05. The minimum atomic E-state index is -1.31. The fraction of sp³-hybridized carbons (Fsp3) is 0.211. The van der Waals surface area contributed by atoms with Crippen LogP contribution in [0.25, 0.3) is 12.2 Å². The largest absolute Gasteiger partial charge is 0.481 e. The Hall–Kier alpha value is -4.35. The fourth-order valence-electron chi connectivity index (χ4n) is 2.49. The summed E-state index contributed by atoms with van der Waals surface area (Å²) < 4.78 is 5.05. The number of aromatic amines is 1. The van der Waals surface area contributed by atoms with E-state index in [0.717, 1.165) is 10.4 Å². The van der Waals surface area contributed by atoms with Gasteiger partial charge in [-0.15, -0.1) is 10.2 Å². The maximum absolute atomic E-state index is 12.5. The molecule has 12 nitrogen and oxygen atoms in total. The summed E-state index contributed by atoms with van der Waals surface area (Å²) in [6.45, 7) is -0.394. The van der Waals surface area contributed by atoms with Gasteiger partial charge in [-0.25, -0.2) is 9.78 Å². The molecule has 2 heterocycles. The molecule has 160 valence electrons. The lowest BCUT2D eigenvalue weighted by Gasteiger charge is -2.15. The van der Waals surface area contributed by atoms with E-state index < -0.39 is 30.3 Å². The van der Waals surface area contributed by atoms with Crippen LogP contribution >= 0.6 is 0 Å². The predicted octanol–water partition coefficient (Wildman–Crippen LogP) is 0.905. The van der Waals surface area contributed by atoms with Crippen molar-refractivity contribution in [1.82, 2.24) is 35.5 Å². The molecule has 31 heavy (non-hydrogen) atoms. The van der Waals surface area contributed by atoms with E-state index in [1.807, 2.05) is 6.07 Å². The quantitative estimate of drug-likeness (QED) is 0.428. The number of aliphatic carboxylic acids is 1. The maximum atomic E-state index is 12.5. The van der Waals surface area contributed by atoms with Gasteiger partial charge in [-0.05, 0) is 22.9 Å². The zero-order valence-corrected chi connectivity index (χ0v) is 16.2. The summed E-state index contributed by atoms with van der Waals surface area (Å²) in [6, 6.07) is 7.62. The number of imidazole rings is 1. The van der Waals surface area contributed by atoms with Gasteiger partial charge in [0.25, 0.3) is 0 Å². The van der Waals surface area contributed by atoms with E-state index in [-0.39, 0.29) is 19.0 Å². The number of alkyl carbamates (subject to hydrolysis) is 1. The highest BCUT2D eigenvalue weighted by Crippen LogP contribution is 2.03. The number of carboxylic acids is 1. The first-order valence-corrected chi connectivity index (χ1v) is 9.16. The van der Waals surface area contributed by atoms with Crippen LogP contribution in [0.3, 0.4) is 0 Å². The molecule has 3 aromatic rings. The number of hydrogen-bond acceptors (Lipinski definition) is 8. The van der Waals surface area contributed by atoms with Gasteiger partial charge in [-0.3, -0.25) is 9.59 Å². The summed E-state index contributed by atoms with van der Waals surface area (Å²) in [5, 5.41) is 22.9. The van der Waals surface area contributed by atoms with Crippen LogP contribution in [0.5, 0.6) is 0 Å². The van der Waals surface area contributed by atoms with Gasteiger partial charge in [0.15, 0.2) is 11.6 Å². The number of Topliss-reactive ketones (excluding diaryl/α,β-unsaturated/α-hetero) is 1. The van der Waals surface area contributed by atoms with Crippen LogP contribution in [0.4, 0.5) is 4.79 Å². The molecular formula is C19H19N7O5. The van der Waals surface area contributed by atoms with Crippen LogP contribution in [0.2, 0.25) is 0 Å². The van der Waals surface area contributed by atoms with Gasteiger partial charge >= 0.3 is 12.1 Å². The van der Waals surface area contributed by atoms with E-state index in [9.17, 15) is 14.4 Å². The number of rotatable bonds is 10. The number of H-pyrrole nitrogens is 1.